The van der Waals surface area contributed by atoms with E-state index in [1.165, 1.54) is 5.56 Å². The van der Waals surface area contributed by atoms with Crippen molar-refractivity contribution in [2.75, 3.05) is 20.3 Å². The van der Waals surface area contributed by atoms with Crippen molar-refractivity contribution in [1.82, 2.24) is 10.2 Å². The second kappa shape index (κ2) is 5.87. The Kier molecular flexibility index (Phi) is 4.20. The Morgan fingerprint density at radius 3 is 3.06 bits per heavy atom. The molecule has 0 spiro atoms. The molecule has 1 atom stereocenters. The van der Waals surface area contributed by atoms with Gasteiger partial charge in [-0.25, -0.2) is 4.79 Å². The fraction of sp³-hybridized carbons (Fsp3) is 0.500. The first-order valence-corrected chi connectivity index (χ1v) is 6.30. The molecular formula is C14H20N2O2. The summed E-state index contributed by atoms with van der Waals surface area (Å²) in [4.78, 5) is 13.6. The normalized spacial score (nSPS) is 18.7. The number of carbonyl (C=O) groups is 1. The van der Waals surface area contributed by atoms with E-state index in [9.17, 15) is 4.79 Å². The average Bonchev–Trinajstić information content (AvgIpc) is 2.81. The molecule has 1 aliphatic heterocycles. The van der Waals surface area contributed by atoms with Crippen LogP contribution < -0.4 is 5.32 Å². The summed E-state index contributed by atoms with van der Waals surface area (Å²) in [6.45, 7) is 4.05. The fourth-order valence-corrected chi connectivity index (χ4v) is 2.09. The predicted octanol–water partition coefficient (Wildman–Crippen LogP) is 1.93. The van der Waals surface area contributed by atoms with Crippen LogP contribution in [0.3, 0.4) is 0 Å². The van der Waals surface area contributed by atoms with Crippen molar-refractivity contribution in [2.24, 2.45) is 0 Å². The quantitative estimate of drug-likeness (QED) is 0.888. The van der Waals surface area contributed by atoms with Crippen LogP contribution in [0, 0.1) is 6.92 Å². The van der Waals surface area contributed by atoms with Crippen LogP contribution in [0.5, 0.6) is 0 Å². The molecule has 18 heavy (non-hydrogen) atoms. The lowest BCUT2D eigenvalue weighted by Gasteiger charge is -2.20. The van der Waals surface area contributed by atoms with Crippen molar-refractivity contribution in [3.8, 4) is 0 Å². The van der Waals surface area contributed by atoms with E-state index in [4.69, 9.17) is 4.74 Å². The molecule has 1 saturated heterocycles. The van der Waals surface area contributed by atoms with E-state index in [0.29, 0.717) is 13.2 Å². The van der Waals surface area contributed by atoms with Crippen molar-refractivity contribution in [3.63, 3.8) is 0 Å². The number of hydrogen-bond acceptors (Lipinski definition) is 2. The van der Waals surface area contributed by atoms with E-state index in [1.54, 1.807) is 4.90 Å². The van der Waals surface area contributed by atoms with Gasteiger partial charge in [-0.15, -0.1) is 0 Å². The summed E-state index contributed by atoms with van der Waals surface area (Å²) in [6.07, 6.45) is 0.907. The van der Waals surface area contributed by atoms with E-state index in [1.807, 2.05) is 19.2 Å². The van der Waals surface area contributed by atoms with Crippen molar-refractivity contribution < 1.29 is 9.53 Å². The largest absolute Gasteiger partial charge is 0.379 e. The van der Waals surface area contributed by atoms with Gasteiger partial charge in [-0.2, -0.15) is 0 Å². The molecule has 0 aromatic heterocycles. The van der Waals surface area contributed by atoms with Crippen molar-refractivity contribution in [1.29, 1.82) is 0 Å². The molecule has 1 aromatic carbocycles. The van der Waals surface area contributed by atoms with Gasteiger partial charge in [0.1, 0.15) is 0 Å². The van der Waals surface area contributed by atoms with Crippen LogP contribution in [-0.4, -0.2) is 37.2 Å². The topological polar surface area (TPSA) is 41.6 Å². The third kappa shape index (κ3) is 3.47. The highest BCUT2D eigenvalue weighted by molar-refractivity contribution is 5.74. The van der Waals surface area contributed by atoms with Gasteiger partial charge in [0.25, 0.3) is 0 Å². The van der Waals surface area contributed by atoms with Gasteiger partial charge < -0.3 is 15.0 Å². The summed E-state index contributed by atoms with van der Waals surface area (Å²) in [6, 6.07) is 8.34. The Balaban J connectivity index is 1.86. The van der Waals surface area contributed by atoms with Crippen molar-refractivity contribution >= 4 is 6.03 Å². The van der Waals surface area contributed by atoms with Crippen LogP contribution in [0.25, 0.3) is 0 Å². The maximum absolute atomic E-state index is 11.9. The first-order valence-electron chi connectivity index (χ1n) is 6.30. The minimum Gasteiger partial charge on any atom is -0.379 e. The summed E-state index contributed by atoms with van der Waals surface area (Å²) in [5.74, 6) is 0. The number of hydrogen-bond donors (Lipinski definition) is 1. The smallest absolute Gasteiger partial charge is 0.317 e. The number of rotatable bonds is 3. The van der Waals surface area contributed by atoms with Crippen LogP contribution >= 0.6 is 0 Å². The van der Waals surface area contributed by atoms with E-state index in [-0.39, 0.29) is 12.1 Å². The van der Waals surface area contributed by atoms with Crippen molar-refractivity contribution in [3.05, 3.63) is 35.4 Å². The van der Waals surface area contributed by atoms with Gasteiger partial charge in [0.05, 0.1) is 12.6 Å². The van der Waals surface area contributed by atoms with E-state index >= 15 is 0 Å². The number of ether oxygens (including phenoxy) is 1. The number of carbonyl (C=O) groups excluding carboxylic acids is 1. The molecule has 1 aliphatic rings. The molecule has 1 aromatic rings. The van der Waals surface area contributed by atoms with Gasteiger partial charge in [-0.3, -0.25) is 0 Å². The fourth-order valence-electron chi connectivity index (χ4n) is 2.09. The first-order chi connectivity index (χ1) is 8.65. The number of nitrogens with one attached hydrogen (secondary N) is 1. The molecule has 0 radical (unpaired) electrons. The molecule has 98 valence electrons. The standard InChI is InChI=1S/C14H20N2O2/c1-11-4-3-5-12(8-11)9-16(2)14(17)15-13-6-7-18-10-13/h3-5,8,13H,6-7,9-10H2,1-2H3,(H,15,17). The van der Waals surface area contributed by atoms with Gasteiger partial charge in [0.15, 0.2) is 0 Å². The first kappa shape index (κ1) is 12.9. The summed E-state index contributed by atoms with van der Waals surface area (Å²) in [7, 11) is 1.81. The lowest BCUT2D eigenvalue weighted by Crippen LogP contribution is -2.43. The van der Waals surface area contributed by atoms with Crippen LogP contribution in [0.1, 0.15) is 17.5 Å². The van der Waals surface area contributed by atoms with E-state index in [0.717, 1.165) is 18.6 Å². The predicted molar refractivity (Wildman–Crippen MR) is 70.4 cm³/mol. The highest BCUT2D eigenvalue weighted by atomic mass is 16.5. The highest BCUT2D eigenvalue weighted by Crippen LogP contribution is 2.08. The molecule has 1 N–H and O–H groups in total. The minimum atomic E-state index is -0.0352. The van der Waals surface area contributed by atoms with E-state index in [2.05, 4.69) is 24.4 Å². The lowest BCUT2D eigenvalue weighted by molar-refractivity contribution is 0.181. The van der Waals surface area contributed by atoms with E-state index < -0.39 is 0 Å². The lowest BCUT2D eigenvalue weighted by atomic mass is 10.1. The molecule has 1 fully saturated rings. The number of amides is 2. The molecular weight excluding hydrogens is 228 g/mol. The molecule has 4 nitrogen and oxygen atoms in total. The number of benzene rings is 1. The Morgan fingerprint density at radius 1 is 1.56 bits per heavy atom. The maximum atomic E-state index is 11.9. The van der Waals surface area contributed by atoms with Crippen LogP contribution in [0.4, 0.5) is 4.79 Å². The zero-order valence-electron chi connectivity index (χ0n) is 11.0. The van der Waals surface area contributed by atoms with Crippen LogP contribution in [0.2, 0.25) is 0 Å². The molecule has 4 heteroatoms. The van der Waals surface area contributed by atoms with Gasteiger partial charge in [-0.05, 0) is 18.9 Å². The number of aryl methyl sites for hydroxylation is 1. The van der Waals surface area contributed by atoms with Gasteiger partial charge in [0, 0.05) is 20.2 Å². The monoisotopic (exact) mass is 248 g/mol. The summed E-state index contributed by atoms with van der Waals surface area (Å²) < 4.78 is 5.24. The Hall–Kier alpha value is -1.55. The Morgan fingerprint density at radius 2 is 2.39 bits per heavy atom. The van der Waals surface area contributed by atoms with Crippen LogP contribution in [0.15, 0.2) is 24.3 Å². The zero-order chi connectivity index (χ0) is 13.0. The van der Waals surface area contributed by atoms with Crippen LogP contribution in [-0.2, 0) is 11.3 Å². The second-order valence-corrected chi connectivity index (χ2v) is 4.86. The Bertz CT molecular complexity index is 414. The summed E-state index contributed by atoms with van der Waals surface area (Å²) in [5, 5.41) is 2.98. The molecule has 2 amide bonds. The van der Waals surface area contributed by atoms with Gasteiger partial charge >= 0.3 is 6.03 Å². The molecule has 1 unspecified atom stereocenters. The zero-order valence-corrected chi connectivity index (χ0v) is 11.0. The SMILES string of the molecule is Cc1cccc(CN(C)C(=O)NC2CCOC2)c1. The second-order valence-electron chi connectivity index (χ2n) is 4.86. The summed E-state index contributed by atoms with van der Waals surface area (Å²) in [5.41, 5.74) is 2.36. The molecule has 2 rings (SSSR count). The third-order valence-electron chi connectivity index (χ3n) is 3.11. The maximum Gasteiger partial charge on any atom is 0.317 e. The molecule has 0 aliphatic carbocycles. The summed E-state index contributed by atoms with van der Waals surface area (Å²) >= 11 is 0. The molecule has 0 saturated carbocycles. The third-order valence-corrected chi connectivity index (χ3v) is 3.11. The number of nitrogens with zero attached hydrogens (tertiary/aromatic N) is 1. The Labute approximate surface area is 108 Å². The van der Waals surface area contributed by atoms with Gasteiger partial charge in [0.2, 0.25) is 0 Å². The molecule has 0 bridgehead atoms. The average molecular weight is 248 g/mol. The van der Waals surface area contributed by atoms with Gasteiger partial charge in [-0.1, -0.05) is 29.8 Å². The minimum absolute atomic E-state index is 0.0352. The molecule has 1 heterocycles. The van der Waals surface area contributed by atoms with Crippen molar-refractivity contribution in [2.45, 2.75) is 25.9 Å². The number of urea groups is 1. The highest BCUT2D eigenvalue weighted by Gasteiger charge is 2.19.